The molecule has 0 aliphatic heterocycles. The Bertz CT molecular complexity index is 640. The highest BCUT2D eigenvalue weighted by Crippen LogP contribution is 2.26. The van der Waals surface area contributed by atoms with Crippen LogP contribution in [-0.2, 0) is 5.41 Å². The molecule has 0 saturated heterocycles. The van der Waals surface area contributed by atoms with Crippen LogP contribution in [0.25, 0.3) is 0 Å². The van der Waals surface area contributed by atoms with Crippen molar-refractivity contribution >= 4 is 33.4 Å². The first-order valence-electron chi connectivity index (χ1n) is 6.69. The molecule has 0 spiro atoms. The van der Waals surface area contributed by atoms with Gasteiger partial charge >= 0.3 is 0 Å². The predicted molar refractivity (Wildman–Crippen MR) is 91.0 cm³/mol. The molecule has 110 valence electrons. The van der Waals surface area contributed by atoms with Crippen molar-refractivity contribution in [2.24, 2.45) is 0 Å². The van der Waals surface area contributed by atoms with Gasteiger partial charge in [-0.15, -0.1) is 0 Å². The first-order chi connectivity index (χ1) is 9.92. The topological polar surface area (TPSA) is 29.1 Å². The van der Waals surface area contributed by atoms with Gasteiger partial charge in [0.05, 0.1) is 10.6 Å². The number of nitrogens with one attached hydrogen (secondary N) is 1. The Morgan fingerprint density at radius 2 is 1.81 bits per heavy atom. The highest BCUT2D eigenvalue weighted by atomic mass is 79.9. The van der Waals surface area contributed by atoms with Gasteiger partial charge in [-0.3, -0.25) is 4.79 Å². The Morgan fingerprint density at radius 3 is 2.48 bits per heavy atom. The molecule has 4 heteroatoms. The van der Waals surface area contributed by atoms with E-state index < -0.39 is 0 Å². The van der Waals surface area contributed by atoms with E-state index in [-0.39, 0.29) is 11.3 Å². The van der Waals surface area contributed by atoms with E-state index in [1.54, 1.807) is 12.1 Å². The van der Waals surface area contributed by atoms with Gasteiger partial charge in [-0.25, -0.2) is 0 Å². The summed E-state index contributed by atoms with van der Waals surface area (Å²) in [5.41, 5.74) is 1.52. The van der Waals surface area contributed by atoms with Gasteiger partial charge in [0.25, 0.3) is 5.91 Å². The molecule has 0 unspecified atom stereocenters. The van der Waals surface area contributed by atoms with Gasteiger partial charge in [-0.05, 0) is 33.6 Å². The number of rotatable bonds is 4. The molecule has 1 amide bonds. The highest BCUT2D eigenvalue weighted by molar-refractivity contribution is 9.10. The van der Waals surface area contributed by atoms with Crippen LogP contribution >= 0.6 is 27.5 Å². The summed E-state index contributed by atoms with van der Waals surface area (Å²) in [5.74, 6) is -0.162. The second-order valence-corrected chi connectivity index (χ2v) is 6.77. The van der Waals surface area contributed by atoms with E-state index in [1.807, 2.05) is 24.3 Å². The van der Waals surface area contributed by atoms with Crippen LogP contribution in [0.1, 0.15) is 29.8 Å². The van der Waals surface area contributed by atoms with Gasteiger partial charge in [0.2, 0.25) is 0 Å². The standard InChI is InChI=1S/C17H17BrClNO/c1-17(2,12-7-4-3-5-8-12)11-20-16(21)13-9-6-10-14(18)15(13)19/h3-10H,11H2,1-2H3,(H,20,21). The molecule has 0 heterocycles. The van der Waals surface area contributed by atoms with Crippen LogP contribution in [0.2, 0.25) is 5.02 Å². The summed E-state index contributed by atoms with van der Waals surface area (Å²) in [4.78, 5) is 12.3. The Balaban J connectivity index is 2.09. The maximum absolute atomic E-state index is 12.3. The zero-order chi connectivity index (χ0) is 15.5. The monoisotopic (exact) mass is 365 g/mol. The van der Waals surface area contributed by atoms with Gasteiger partial charge in [0.15, 0.2) is 0 Å². The molecule has 0 aliphatic carbocycles. The van der Waals surface area contributed by atoms with Crippen molar-refractivity contribution in [2.75, 3.05) is 6.54 Å². The third kappa shape index (κ3) is 3.86. The van der Waals surface area contributed by atoms with Crippen LogP contribution < -0.4 is 5.32 Å². The molecule has 2 aromatic carbocycles. The average Bonchev–Trinajstić information content (AvgIpc) is 2.49. The molecule has 0 atom stereocenters. The molecule has 21 heavy (non-hydrogen) atoms. The van der Waals surface area contributed by atoms with Crippen LogP contribution in [0.3, 0.4) is 0 Å². The SMILES string of the molecule is CC(C)(CNC(=O)c1cccc(Br)c1Cl)c1ccccc1. The van der Waals surface area contributed by atoms with E-state index in [4.69, 9.17) is 11.6 Å². The van der Waals surface area contributed by atoms with Gasteiger partial charge in [0, 0.05) is 16.4 Å². The summed E-state index contributed by atoms with van der Waals surface area (Å²) in [6.45, 7) is 4.74. The Kier molecular flexibility index (Phi) is 5.07. The van der Waals surface area contributed by atoms with Crippen molar-refractivity contribution in [3.63, 3.8) is 0 Å². The summed E-state index contributed by atoms with van der Waals surface area (Å²) in [6, 6.07) is 15.5. The number of benzene rings is 2. The number of hydrogen-bond acceptors (Lipinski definition) is 1. The fourth-order valence-corrected chi connectivity index (χ4v) is 2.65. The third-order valence-electron chi connectivity index (χ3n) is 3.44. The number of halogens is 2. The molecule has 2 nitrogen and oxygen atoms in total. The molecule has 0 fully saturated rings. The van der Waals surface area contributed by atoms with Crippen molar-refractivity contribution in [3.05, 3.63) is 69.2 Å². The summed E-state index contributed by atoms with van der Waals surface area (Å²) >= 11 is 9.48. The second kappa shape index (κ2) is 6.63. The quantitative estimate of drug-likeness (QED) is 0.826. The first-order valence-corrected chi connectivity index (χ1v) is 7.86. The van der Waals surface area contributed by atoms with Crippen molar-refractivity contribution in [3.8, 4) is 0 Å². The Hall–Kier alpha value is -1.32. The minimum Gasteiger partial charge on any atom is -0.351 e. The third-order valence-corrected chi connectivity index (χ3v) is 4.74. The normalized spacial score (nSPS) is 11.2. The van der Waals surface area contributed by atoms with Crippen molar-refractivity contribution in [1.29, 1.82) is 0 Å². The first kappa shape index (κ1) is 16.1. The Morgan fingerprint density at radius 1 is 1.14 bits per heavy atom. The van der Waals surface area contributed by atoms with Crippen LogP contribution in [0.4, 0.5) is 0 Å². The highest BCUT2D eigenvalue weighted by Gasteiger charge is 2.22. The average molecular weight is 367 g/mol. The van der Waals surface area contributed by atoms with E-state index in [0.29, 0.717) is 17.1 Å². The van der Waals surface area contributed by atoms with Gasteiger partial charge < -0.3 is 5.32 Å². The van der Waals surface area contributed by atoms with E-state index in [1.165, 1.54) is 5.56 Å². The fourth-order valence-electron chi connectivity index (χ4n) is 2.07. The lowest BCUT2D eigenvalue weighted by Gasteiger charge is -2.25. The molecule has 1 N–H and O–H groups in total. The predicted octanol–water partition coefficient (Wildman–Crippen LogP) is 4.81. The second-order valence-electron chi connectivity index (χ2n) is 5.53. The molecule has 0 saturated carbocycles. The smallest absolute Gasteiger partial charge is 0.252 e. The molecule has 2 rings (SSSR count). The zero-order valence-corrected chi connectivity index (χ0v) is 14.3. The Labute approximate surface area is 138 Å². The van der Waals surface area contributed by atoms with E-state index in [2.05, 4.69) is 47.2 Å². The van der Waals surface area contributed by atoms with Crippen molar-refractivity contribution < 1.29 is 4.79 Å². The summed E-state index contributed by atoms with van der Waals surface area (Å²) in [5, 5.41) is 3.40. The van der Waals surface area contributed by atoms with Crippen molar-refractivity contribution in [1.82, 2.24) is 5.32 Å². The van der Waals surface area contributed by atoms with E-state index in [9.17, 15) is 4.79 Å². The lowest BCUT2D eigenvalue weighted by molar-refractivity contribution is 0.0946. The molecule has 0 aliphatic rings. The lowest BCUT2D eigenvalue weighted by Crippen LogP contribution is -2.36. The van der Waals surface area contributed by atoms with Crippen LogP contribution in [0.15, 0.2) is 53.0 Å². The van der Waals surface area contributed by atoms with Gasteiger partial charge in [-0.2, -0.15) is 0 Å². The molecular formula is C17H17BrClNO. The maximum atomic E-state index is 12.3. The lowest BCUT2D eigenvalue weighted by atomic mass is 9.84. The van der Waals surface area contributed by atoms with E-state index in [0.717, 1.165) is 4.47 Å². The number of amides is 1. The molecule has 2 aromatic rings. The van der Waals surface area contributed by atoms with Gasteiger partial charge in [0.1, 0.15) is 0 Å². The van der Waals surface area contributed by atoms with Crippen molar-refractivity contribution in [2.45, 2.75) is 19.3 Å². The fraction of sp³-hybridized carbons (Fsp3) is 0.235. The summed E-state index contributed by atoms with van der Waals surface area (Å²) in [6.07, 6.45) is 0. The van der Waals surface area contributed by atoms with Crippen LogP contribution in [0, 0.1) is 0 Å². The molecular weight excluding hydrogens is 350 g/mol. The van der Waals surface area contributed by atoms with E-state index >= 15 is 0 Å². The minimum absolute atomic E-state index is 0.143. The largest absolute Gasteiger partial charge is 0.351 e. The van der Waals surface area contributed by atoms with Gasteiger partial charge in [-0.1, -0.05) is 61.8 Å². The van der Waals surface area contributed by atoms with Crippen LogP contribution in [-0.4, -0.2) is 12.5 Å². The summed E-state index contributed by atoms with van der Waals surface area (Å²) < 4.78 is 0.721. The number of carbonyl (C=O) groups is 1. The van der Waals surface area contributed by atoms with Crippen LogP contribution in [0.5, 0.6) is 0 Å². The molecule has 0 aromatic heterocycles. The maximum Gasteiger partial charge on any atom is 0.252 e. The zero-order valence-electron chi connectivity index (χ0n) is 12.0. The molecule has 0 bridgehead atoms. The summed E-state index contributed by atoms with van der Waals surface area (Å²) in [7, 11) is 0. The number of hydrogen-bond donors (Lipinski definition) is 1. The number of carbonyl (C=O) groups excluding carboxylic acids is 1. The minimum atomic E-state index is -0.162. The molecule has 0 radical (unpaired) electrons.